The molecule has 0 aromatic rings. The molecule has 0 rings (SSSR count). The molecule has 0 heterocycles. The van der Waals surface area contributed by atoms with E-state index in [9.17, 15) is 19.2 Å². The van der Waals surface area contributed by atoms with Crippen molar-refractivity contribution >= 4 is 23.5 Å². The van der Waals surface area contributed by atoms with E-state index in [2.05, 4.69) is 22.5 Å². The Morgan fingerprint density at radius 3 is 2.03 bits per heavy atom. The maximum atomic E-state index is 12.7. The van der Waals surface area contributed by atoms with Crippen LogP contribution in [0.2, 0.25) is 0 Å². The molecule has 0 radical (unpaired) electrons. The maximum absolute atomic E-state index is 12.7. The minimum atomic E-state index is -0.837. The van der Waals surface area contributed by atoms with Crippen LogP contribution in [0.3, 0.4) is 0 Å². The van der Waals surface area contributed by atoms with Crippen molar-refractivity contribution in [3.8, 4) is 0 Å². The van der Waals surface area contributed by atoms with E-state index < -0.39 is 23.9 Å². The first-order valence-electron chi connectivity index (χ1n) is 11.6. The first-order valence-corrected chi connectivity index (χ1v) is 11.6. The molecule has 0 aromatic heterocycles. The number of hydrogen-bond acceptors (Lipinski definition) is 6. The predicted molar refractivity (Wildman–Crippen MR) is 132 cm³/mol. The molecular formula is C25H41N3O6. The summed E-state index contributed by atoms with van der Waals surface area (Å²) >= 11 is 0. The van der Waals surface area contributed by atoms with Crippen molar-refractivity contribution in [2.45, 2.75) is 66.5 Å². The lowest BCUT2D eigenvalue weighted by molar-refractivity contribution is -0.132. The van der Waals surface area contributed by atoms with Crippen LogP contribution in [0.4, 0.5) is 0 Å². The largest absolute Gasteiger partial charge is 0.379 e. The van der Waals surface area contributed by atoms with E-state index in [-0.39, 0.29) is 30.6 Å². The minimum Gasteiger partial charge on any atom is -0.379 e. The van der Waals surface area contributed by atoms with Gasteiger partial charge in [-0.2, -0.15) is 0 Å². The molecule has 0 aromatic carbocycles. The Bertz CT molecular complexity index is 758. The molecule has 34 heavy (non-hydrogen) atoms. The Morgan fingerprint density at radius 2 is 1.50 bits per heavy atom. The SMILES string of the molecule is C=C/C(=C\C=C(/C)NC(=O)[C@H](C)NC(=O)[C@@H](NC(=O)CCOCCOCCC)C(C)C)C(C)=O. The Morgan fingerprint density at radius 1 is 0.882 bits per heavy atom. The molecule has 0 saturated heterocycles. The van der Waals surface area contributed by atoms with E-state index in [1.807, 2.05) is 20.8 Å². The number of rotatable bonds is 17. The molecule has 0 aliphatic carbocycles. The zero-order chi connectivity index (χ0) is 26.1. The van der Waals surface area contributed by atoms with E-state index in [0.29, 0.717) is 31.1 Å². The van der Waals surface area contributed by atoms with Crippen molar-refractivity contribution in [3.05, 3.63) is 36.1 Å². The molecule has 3 N–H and O–H groups in total. The predicted octanol–water partition coefficient (Wildman–Crippen LogP) is 2.19. The molecule has 9 heteroatoms. The summed E-state index contributed by atoms with van der Waals surface area (Å²) in [5, 5.41) is 8.01. The van der Waals surface area contributed by atoms with Gasteiger partial charge in [-0.15, -0.1) is 0 Å². The number of carbonyl (C=O) groups is 4. The van der Waals surface area contributed by atoms with Crippen LogP contribution in [0.5, 0.6) is 0 Å². The van der Waals surface area contributed by atoms with Gasteiger partial charge in [0.25, 0.3) is 0 Å². The second-order valence-corrected chi connectivity index (χ2v) is 8.22. The van der Waals surface area contributed by atoms with E-state index in [1.165, 1.54) is 13.0 Å². The second-order valence-electron chi connectivity index (χ2n) is 8.22. The fourth-order valence-electron chi connectivity index (χ4n) is 2.67. The van der Waals surface area contributed by atoms with Crippen molar-refractivity contribution in [1.29, 1.82) is 0 Å². The molecule has 0 saturated carbocycles. The normalized spacial score (nSPS) is 13.7. The minimum absolute atomic E-state index is 0.116. The number of ether oxygens (including phenoxy) is 2. The number of hydrogen-bond donors (Lipinski definition) is 3. The van der Waals surface area contributed by atoms with Crippen molar-refractivity contribution in [2.75, 3.05) is 26.4 Å². The Labute approximate surface area is 203 Å². The average molecular weight is 480 g/mol. The number of ketones is 1. The standard InChI is InChI=1S/C25H41N3O6/c1-8-13-33-15-16-34-14-12-22(30)28-23(17(3)4)25(32)27-19(6)24(31)26-18(5)10-11-21(9-2)20(7)29/h9-11,17,19,23H,2,8,12-16H2,1,3-7H3,(H,26,31)(H,27,32)(H,28,30)/b18-10+,21-11+/t19-,23-/m0/s1. The third-order valence-corrected chi connectivity index (χ3v) is 4.67. The van der Waals surface area contributed by atoms with E-state index in [4.69, 9.17) is 9.47 Å². The lowest BCUT2D eigenvalue weighted by Crippen LogP contribution is -2.54. The van der Waals surface area contributed by atoms with Crippen LogP contribution in [-0.4, -0.2) is 62.0 Å². The van der Waals surface area contributed by atoms with Gasteiger partial charge in [-0.3, -0.25) is 19.2 Å². The number of carbonyl (C=O) groups excluding carboxylic acids is 4. The monoisotopic (exact) mass is 479 g/mol. The first kappa shape index (κ1) is 31.2. The maximum Gasteiger partial charge on any atom is 0.246 e. The molecule has 192 valence electrons. The summed E-state index contributed by atoms with van der Waals surface area (Å²) in [6, 6.07) is -1.63. The summed E-state index contributed by atoms with van der Waals surface area (Å²) in [5.41, 5.74) is 0.918. The van der Waals surface area contributed by atoms with Crippen LogP contribution < -0.4 is 16.0 Å². The van der Waals surface area contributed by atoms with Crippen LogP contribution in [0.25, 0.3) is 0 Å². The van der Waals surface area contributed by atoms with Gasteiger partial charge in [0.1, 0.15) is 12.1 Å². The molecular weight excluding hydrogens is 438 g/mol. The quantitative estimate of drug-likeness (QED) is 0.167. The van der Waals surface area contributed by atoms with Crippen LogP contribution >= 0.6 is 0 Å². The summed E-state index contributed by atoms with van der Waals surface area (Å²) in [4.78, 5) is 48.8. The lowest BCUT2D eigenvalue weighted by atomic mass is 10.0. The van der Waals surface area contributed by atoms with Gasteiger partial charge < -0.3 is 25.4 Å². The highest BCUT2D eigenvalue weighted by Gasteiger charge is 2.26. The summed E-state index contributed by atoms with van der Waals surface area (Å²) in [7, 11) is 0. The highest BCUT2D eigenvalue weighted by Crippen LogP contribution is 2.04. The third kappa shape index (κ3) is 13.7. The highest BCUT2D eigenvalue weighted by atomic mass is 16.5. The Hall–Kier alpha value is -2.78. The Kier molecular flexibility index (Phi) is 16.2. The van der Waals surface area contributed by atoms with E-state index >= 15 is 0 Å². The molecule has 0 fully saturated rings. The van der Waals surface area contributed by atoms with Gasteiger partial charge in [-0.1, -0.05) is 33.4 Å². The van der Waals surface area contributed by atoms with Gasteiger partial charge in [-0.25, -0.2) is 0 Å². The van der Waals surface area contributed by atoms with Crippen molar-refractivity contribution < 1.29 is 28.7 Å². The van der Waals surface area contributed by atoms with Crippen LogP contribution in [0.15, 0.2) is 36.1 Å². The fourth-order valence-corrected chi connectivity index (χ4v) is 2.67. The van der Waals surface area contributed by atoms with Crippen LogP contribution in [0, 0.1) is 5.92 Å². The van der Waals surface area contributed by atoms with Gasteiger partial charge in [0.15, 0.2) is 5.78 Å². The third-order valence-electron chi connectivity index (χ3n) is 4.67. The number of allylic oxidation sites excluding steroid dienone is 5. The van der Waals surface area contributed by atoms with E-state index in [1.54, 1.807) is 26.0 Å². The smallest absolute Gasteiger partial charge is 0.246 e. The molecule has 0 unspecified atom stereocenters. The molecule has 0 aliphatic heterocycles. The molecule has 9 nitrogen and oxygen atoms in total. The summed E-state index contributed by atoms with van der Waals surface area (Å²) in [5.74, 6) is -1.51. The number of amides is 3. The molecule has 3 amide bonds. The van der Waals surface area contributed by atoms with Crippen molar-refractivity contribution in [1.82, 2.24) is 16.0 Å². The number of Topliss-reactive ketones (excluding diaryl/α,β-unsaturated/α-hetero) is 1. The number of nitrogens with one attached hydrogen (secondary N) is 3. The van der Waals surface area contributed by atoms with Gasteiger partial charge in [0.2, 0.25) is 17.7 Å². The molecule has 0 aliphatic rings. The molecule has 2 atom stereocenters. The second kappa shape index (κ2) is 17.7. The van der Waals surface area contributed by atoms with Crippen LogP contribution in [0.1, 0.15) is 54.4 Å². The van der Waals surface area contributed by atoms with Gasteiger partial charge in [-0.05, 0) is 45.3 Å². The first-order chi connectivity index (χ1) is 16.0. The van der Waals surface area contributed by atoms with Crippen LogP contribution in [-0.2, 0) is 28.7 Å². The average Bonchev–Trinajstić information content (AvgIpc) is 2.76. The molecule has 0 spiro atoms. The fraction of sp³-hybridized carbons (Fsp3) is 0.600. The zero-order valence-corrected chi connectivity index (χ0v) is 21.4. The summed E-state index contributed by atoms with van der Waals surface area (Å²) in [6.07, 6.45) is 5.63. The highest BCUT2D eigenvalue weighted by molar-refractivity contribution is 5.96. The molecule has 0 bridgehead atoms. The zero-order valence-electron chi connectivity index (χ0n) is 21.4. The summed E-state index contributed by atoms with van der Waals surface area (Å²) in [6.45, 7) is 15.6. The van der Waals surface area contributed by atoms with Gasteiger partial charge in [0, 0.05) is 24.3 Å². The Balaban J connectivity index is 4.70. The topological polar surface area (TPSA) is 123 Å². The van der Waals surface area contributed by atoms with Crippen molar-refractivity contribution in [2.24, 2.45) is 5.92 Å². The lowest BCUT2D eigenvalue weighted by Gasteiger charge is -2.24. The van der Waals surface area contributed by atoms with Crippen molar-refractivity contribution in [3.63, 3.8) is 0 Å². The van der Waals surface area contributed by atoms with Gasteiger partial charge >= 0.3 is 0 Å². The van der Waals surface area contributed by atoms with Gasteiger partial charge in [0.05, 0.1) is 19.8 Å². The summed E-state index contributed by atoms with van der Waals surface area (Å²) < 4.78 is 10.7. The van der Waals surface area contributed by atoms with E-state index in [0.717, 1.165) is 6.42 Å².